The number of ether oxygens (including phenoxy) is 1. The predicted molar refractivity (Wildman–Crippen MR) is 78.5 cm³/mol. The first-order valence-electron chi connectivity index (χ1n) is 5.64. The lowest BCUT2D eigenvalue weighted by Crippen LogP contribution is -2.05. The van der Waals surface area contributed by atoms with E-state index in [1.165, 1.54) is 25.3 Å². The Morgan fingerprint density at radius 3 is 2.14 bits per heavy atom. The van der Waals surface area contributed by atoms with Crippen molar-refractivity contribution in [1.82, 2.24) is 0 Å². The van der Waals surface area contributed by atoms with Gasteiger partial charge in [0.05, 0.1) is 27.7 Å². The molecule has 0 fully saturated rings. The van der Waals surface area contributed by atoms with Crippen LogP contribution in [-0.4, -0.2) is 7.11 Å². The standard InChI is InChI=1S/C14H8Cl3F3O/c1-21-11-5-2-7(14(18,19)20)6-9(11)8-3-4-10(15)13(17)12(8)16/h2-6H,1H3. The number of hydrogen-bond donors (Lipinski definition) is 0. The van der Waals surface area contributed by atoms with Crippen molar-refractivity contribution in [3.8, 4) is 16.9 Å². The van der Waals surface area contributed by atoms with Crippen LogP contribution in [0.5, 0.6) is 5.75 Å². The summed E-state index contributed by atoms with van der Waals surface area (Å²) in [4.78, 5) is 0. The van der Waals surface area contributed by atoms with Crippen LogP contribution in [0.3, 0.4) is 0 Å². The van der Waals surface area contributed by atoms with Gasteiger partial charge in [-0.25, -0.2) is 0 Å². The first-order valence-corrected chi connectivity index (χ1v) is 6.78. The van der Waals surface area contributed by atoms with Gasteiger partial charge in [-0.3, -0.25) is 0 Å². The third kappa shape index (κ3) is 3.23. The zero-order chi connectivity index (χ0) is 15.8. The highest BCUT2D eigenvalue weighted by Crippen LogP contribution is 2.43. The van der Waals surface area contributed by atoms with E-state index >= 15 is 0 Å². The molecule has 0 aliphatic carbocycles. The lowest BCUT2D eigenvalue weighted by molar-refractivity contribution is -0.137. The molecule has 21 heavy (non-hydrogen) atoms. The van der Waals surface area contributed by atoms with Crippen LogP contribution in [0.4, 0.5) is 13.2 Å². The largest absolute Gasteiger partial charge is 0.496 e. The molecule has 0 heterocycles. The number of rotatable bonds is 2. The molecule has 1 nitrogen and oxygen atoms in total. The zero-order valence-electron chi connectivity index (χ0n) is 10.6. The van der Waals surface area contributed by atoms with Gasteiger partial charge in [0.25, 0.3) is 0 Å². The van der Waals surface area contributed by atoms with Crippen molar-refractivity contribution in [3.05, 3.63) is 51.0 Å². The summed E-state index contributed by atoms with van der Waals surface area (Å²) in [5, 5.41) is 0.369. The van der Waals surface area contributed by atoms with Gasteiger partial charge in [0.2, 0.25) is 0 Å². The van der Waals surface area contributed by atoms with Crippen molar-refractivity contribution in [1.29, 1.82) is 0 Å². The van der Waals surface area contributed by atoms with E-state index in [0.29, 0.717) is 5.56 Å². The van der Waals surface area contributed by atoms with Gasteiger partial charge >= 0.3 is 6.18 Å². The number of halogens is 6. The van der Waals surface area contributed by atoms with Gasteiger partial charge in [-0.2, -0.15) is 13.2 Å². The number of methoxy groups -OCH3 is 1. The molecule has 0 amide bonds. The fourth-order valence-corrected chi connectivity index (χ4v) is 2.47. The monoisotopic (exact) mass is 354 g/mol. The average Bonchev–Trinajstić information content (AvgIpc) is 2.43. The van der Waals surface area contributed by atoms with E-state index in [1.807, 2.05) is 0 Å². The third-order valence-electron chi connectivity index (χ3n) is 2.85. The first kappa shape index (κ1) is 16.3. The minimum atomic E-state index is -4.47. The molecule has 0 saturated heterocycles. The third-order valence-corrected chi connectivity index (χ3v) is 4.15. The Bertz CT molecular complexity index is 684. The van der Waals surface area contributed by atoms with Gasteiger partial charge in [-0.05, 0) is 24.3 Å². The molecule has 2 rings (SSSR count). The Labute approximate surface area is 134 Å². The summed E-state index contributed by atoms with van der Waals surface area (Å²) in [7, 11) is 1.36. The Hall–Kier alpha value is -1.10. The van der Waals surface area contributed by atoms with Gasteiger partial charge in [0.1, 0.15) is 5.75 Å². The maximum absolute atomic E-state index is 12.8. The second kappa shape index (κ2) is 5.95. The van der Waals surface area contributed by atoms with Gasteiger partial charge in [0, 0.05) is 11.1 Å². The molecule has 0 aliphatic rings. The van der Waals surface area contributed by atoms with Crippen molar-refractivity contribution in [2.75, 3.05) is 7.11 Å². The summed E-state index contributed by atoms with van der Waals surface area (Å²) in [6, 6.07) is 6.09. The predicted octanol–water partition coefficient (Wildman–Crippen LogP) is 6.34. The maximum atomic E-state index is 12.8. The summed E-state index contributed by atoms with van der Waals surface area (Å²) in [5.41, 5.74) is -0.301. The highest BCUT2D eigenvalue weighted by atomic mass is 35.5. The Morgan fingerprint density at radius 1 is 0.905 bits per heavy atom. The Kier molecular flexibility index (Phi) is 4.61. The van der Waals surface area contributed by atoms with Crippen molar-refractivity contribution < 1.29 is 17.9 Å². The molecule has 0 N–H and O–H groups in total. The van der Waals surface area contributed by atoms with E-state index in [9.17, 15) is 13.2 Å². The second-order valence-corrected chi connectivity index (χ2v) is 5.30. The second-order valence-electron chi connectivity index (χ2n) is 4.14. The summed E-state index contributed by atoms with van der Waals surface area (Å²) in [6.07, 6.45) is -4.47. The smallest absolute Gasteiger partial charge is 0.416 e. The summed E-state index contributed by atoms with van der Waals surface area (Å²) in [6.45, 7) is 0. The maximum Gasteiger partial charge on any atom is 0.416 e. The summed E-state index contributed by atoms with van der Waals surface area (Å²) in [5.74, 6) is 0.253. The highest BCUT2D eigenvalue weighted by Gasteiger charge is 2.31. The van der Waals surface area contributed by atoms with E-state index in [4.69, 9.17) is 39.5 Å². The summed E-state index contributed by atoms with van der Waals surface area (Å²) < 4.78 is 43.6. The number of benzene rings is 2. The molecule has 2 aromatic rings. The fraction of sp³-hybridized carbons (Fsp3) is 0.143. The molecule has 112 valence electrons. The molecule has 0 aliphatic heterocycles. The minimum Gasteiger partial charge on any atom is -0.496 e. The molecular formula is C14H8Cl3F3O. The molecule has 0 saturated carbocycles. The van der Waals surface area contributed by atoms with Crippen molar-refractivity contribution in [2.45, 2.75) is 6.18 Å². The Morgan fingerprint density at radius 2 is 1.57 bits per heavy atom. The van der Waals surface area contributed by atoms with Gasteiger partial charge in [0.15, 0.2) is 0 Å². The highest BCUT2D eigenvalue weighted by molar-refractivity contribution is 6.49. The number of alkyl halides is 3. The molecule has 0 unspecified atom stereocenters. The van der Waals surface area contributed by atoms with Crippen LogP contribution in [0.2, 0.25) is 15.1 Å². The Balaban J connectivity index is 2.70. The van der Waals surface area contributed by atoms with Crippen LogP contribution < -0.4 is 4.74 Å². The average molecular weight is 356 g/mol. The van der Waals surface area contributed by atoms with Gasteiger partial charge in [-0.15, -0.1) is 0 Å². The lowest BCUT2D eigenvalue weighted by atomic mass is 10.0. The normalized spacial score (nSPS) is 11.6. The van der Waals surface area contributed by atoms with Crippen molar-refractivity contribution in [2.24, 2.45) is 0 Å². The van der Waals surface area contributed by atoms with Crippen molar-refractivity contribution in [3.63, 3.8) is 0 Å². The topological polar surface area (TPSA) is 9.23 Å². The molecular weight excluding hydrogens is 348 g/mol. The lowest BCUT2D eigenvalue weighted by Gasteiger charge is -2.14. The van der Waals surface area contributed by atoms with Crippen LogP contribution in [-0.2, 0) is 6.18 Å². The van der Waals surface area contributed by atoms with Crippen LogP contribution in [0.15, 0.2) is 30.3 Å². The zero-order valence-corrected chi connectivity index (χ0v) is 12.8. The number of hydrogen-bond acceptors (Lipinski definition) is 1. The van der Waals surface area contributed by atoms with Crippen LogP contribution in [0, 0.1) is 0 Å². The van der Waals surface area contributed by atoms with E-state index < -0.39 is 11.7 Å². The quantitative estimate of drug-likeness (QED) is 0.571. The van der Waals surface area contributed by atoms with E-state index in [-0.39, 0.29) is 26.4 Å². The van der Waals surface area contributed by atoms with Gasteiger partial charge in [-0.1, -0.05) is 40.9 Å². The van der Waals surface area contributed by atoms with Crippen LogP contribution in [0.1, 0.15) is 5.56 Å². The SMILES string of the molecule is COc1ccc(C(F)(F)F)cc1-c1ccc(Cl)c(Cl)c1Cl. The molecule has 0 atom stereocenters. The molecule has 7 heteroatoms. The molecule has 0 bridgehead atoms. The first-order chi connectivity index (χ1) is 9.75. The van der Waals surface area contributed by atoms with E-state index in [1.54, 1.807) is 0 Å². The van der Waals surface area contributed by atoms with Crippen LogP contribution in [0.25, 0.3) is 11.1 Å². The van der Waals surface area contributed by atoms with E-state index in [2.05, 4.69) is 0 Å². The fourth-order valence-electron chi connectivity index (χ4n) is 1.83. The molecule has 0 spiro atoms. The van der Waals surface area contributed by atoms with Crippen LogP contribution >= 0.6 is 34.8 Å². The molecule has 2 aromatic carbocycles. The van der Waals surface area contributed by atoms with E-state index in [0.717, 1.165) is 12.1 Å². The summed E-state index contributed by atoms with van der Waals surface area (Å²) >= 11 is 17.8. The molecule has 0 radical (unpaired) electrons. The van der Waals surface area contributed by atoms with Crippen molar-refractivity contribution >= 4 is 34.8 Å². The molecule has 0 aromatic heterocycles. The minimum absolute atomic E-state index is 0.0711. The van der Waals surface area contributed by atoms with Gasteiger partial charge < -0.3 is 4.74 Å².